The summed E-state index contributed by atoms with van der Waals surface area (Å²) in [6.07, 6.45) is 5.47. The summed E-state index contributed by atoms with van der Waals surface area (Å²) in [5.74, 6) is 1.75. The Morgan fingerprint density at radius 2 is 1.12 bits per heavy atom. The summed E-state index contributed by atoms with van der Waals surface area (Å²) in [7, 11) is 0. The molecule has 0 aromatic heterocycles. The highest BCUT2D eigenvalue weighted by Gasteiger charge is 2.01. The van der Waals surface area contributed by atoms with E-state index < -0.39 is 0 Å². The van der Waals surface area contributed by atoms with Gasteiger partial charge >= 0.3 is 0 Å². The highest BCUT2D eigenvalue weighted by atomic mass is 79.9. The van der Waals surface area contributed by atoms with Crippen LogP contribution < -0.4 is 9.47 Å². The van der Waals surface area contributed by atoms with Crippen molar-refractivity contribution in [3.63, 3.8) is 0 Å². The Morgan fingerprint density at radius 3 is 1.60 bits per heavy atom. The van der Waals surface area contributed by atoms with E-state index in [1.807, 2.05) is 36.4 Å². The fourth-order valence-electron chi connectivity index (χ4n) is 2.48. The standard InChI is InChI=1S/C21H27BrO3/c22-14-3-1-2-4-16-24-20-10-6-18(7-11-20)19-8-12-21(13-9-19)25-17-5-15-23/h6-13,23H,1-5,14-17H2. The molecule has 0 amide bonds. The van der Waals surface area contributed by atoms with Gasteiger partial charge in [-0.25, -0.2) is 0 Å². The molecule has 0 aliphatic heterocycles. The van der Waals surface area contributed by atoms with Crippen molar-refractivity contribution in [1.82, 2.24) is 0 Å². The highest BCUT2D eigenvalue weighted by molar-refractivity contribution is 9.09. The van der Waals surface area contributed by atoms with Crippen LogP contribution in [-0.4, -0.2) is 30.3 Å². The van der Waals surface area contributed by atoms with E-state index in [2.05, 4.69) is 28.1 Å². The summed E-state index contributed by atoms with van der Waals surface area (Å²) in [6.45, 7) is 1.48. The summed E-state index contributed by atoms with van der Waals surface area (Å²) in [5.41, 5.74) is 2.31. The zero-order valence-electron chi connectivity index (χ0n) is 14.6. The van der Waals surface area contributed by atoms with Gasteiger partial charge in [0, 0.05) is 18.4 Å². The van der Waals surface area contributed by atoms with Crippen molar-refractivity contribution in [2.45, 2.75) is 32.1 Å². The molecule has 0 aliphatic carbocycles. The van der Waals surface area contributed by atoms with Crippen LogP contribution in [0.3, 0.4) is 0 Å². The maximum absolute atomic E-state index is 8.77. The maximum Gasteiger partial charge on any atom is 0.119 e. The molecule has 0 unspecified atom stereocenters. The molecule has 3 nitrogen and oxygen atoms in total. The van der Waals surface area contributed by atoms with Crippen molar-refractivity contribution in [2.75, 3.05) is 25.2 Å². The Morgan fingerprint density at radius 1 is 0.640 bits per heavy atom. The summed E-state index contributed by atoms with van der Waals surface area (Å²) < 4.78 is 11.4. The number of unbranched alkanes of at least 4 members (excludes halogenated alkanes) is 3. The third-order valence-corrected chi connectivity index (χ3v) is 4.47. The van der Waals surface area contributed by atoms with Crippen molar-refractivity contribution >= 4 is 15.9 Å². The molecule has 0 radical (unpaired) electrons. The molecule has 0 bridgehead atoms. The third kappa shape index (κ3) is 7.49. The minimum atomic E-state index is 0.156. The van der Waals surface area contributed by atoms with Gasteiger partial charge in [-0.15, -0.1) is 0 Å². The van der Waals surface area contributed by atoms with E-state index in [1.54, 1.807) is 0 Å². The van der Waals surface area contributed by atoms with Crippen LogP contribution in [0.1, 0.15) is 32.1 Å². The van der Waals surface area contributed by atoms with Crippen LogP contribution in [0.15, 0.2) is 48.5 Å². The second kappa shape index (κ2) is 11.9. The van der Waals surface area contributed by atoms with Gasteiger partial charge in [-0.3, -0.25) is 0 Å². The van der Waals surface area contributed by atoms with Gasteiger partial charge in [-0.1, -0.05) is 53.0 Å². The lowest BCUT2D eigenvalue weighted by Gasteiger charge is -2.09. The van der Waals surface area contributed by atoms with E-state index in [1.165, 1.54) is 19.3 Å². The Labute approximate surface area is 159 Å². The molecule has 0 fully saturated rings. The fraction of sp³-hybridized carbons (Fsp3) is 0.429. The van der Waals surface area contributed by atoms with E-state index in [0.717, 1.165) is 41.0 Å². The number of hydrogen-bond donors (Lipinski definition) is 1. The monoisotopic (exact) mass is 406 g/mol. The maximum atomic E-state index is 8.77. The van der Waals surface area contributed by atoms with Gasteiger partial charge in [0.1, 0.15) is 11.5 Å². The topological polar surface area (TPSA) is 38.7 Å². The number of halogens is 1. The van der Waals surface area contributed by atoms with Crippen LogP contribution in [-0.2, 0) is 0 Å². The second-order valence-electron chi connectivity index (χ2n) is 5.93. The lowest BCUT2D eigenvalue weighted by Crippen LogP contribution is -1.99. The Bertz CT molecular complexity index is 581. The summed E-state index contributed by atoms with van der Waals surface area (Å²) in [6, 6.07) is 16.2. The molecule has 0 saturated heterocycles. The summed E-state index contributed by atoms with van der Waals surface area (Å²) >= 11 is 3.45. The SMILES string of the molecule is OCCCOc1ccc(-c2ccc(OCCCCCCBr)cc2)cc1. The van der Waals surface area contributed by atoms with Gasteiger partial charge in [0.15, 0.2) is 0 Å². The molecule has 2 aromatic carbocycles. The zero-order valence-corrected chi connectivity index (χ0v) is 16.2. The first-order chi connectivity index (χ1) is 12.3. The van der Waals surface area contributed by atoms with Crippen LogP contribution >= 0.6 is 15.9 Å². The molecular weight excluding hydrogens is 380 g/mol. The third-order valence-electron chi connectivity index (χ3n) is 3.91. The number of alkyl halides is 1. The van der Waals surface area contributed by atoms with Crippen molar-refractivity contribution in [2.24, 2.45) is 0 Å². The average Bonchev–Trinajstić information content (AvgIpc) is 2.66. The second-order valence-corrected chi connectivity index (χ2v) is 6.72. The van der Waals surface area contributed by atoms with E-state index in [-0.39, 0.29) is 6.61 Å². The number of aliphatic hydroxyl groups excluding tert-OH is 1. The number of hydrogen-bond acceptors (Lipinski definition) is 3. The number of ether oxygens (including phenoxy) is 2. The van der Waals surface area contributed by atoms with Gasteiger partial charge in [0.05, 0.1) is 13.2 Å². The molecule has 2 aromatic rings. The fourth-order valence-corrected chi connectivity index (χ4v) is 2.88. The molecular formula is C21H27BrO3. The predicted octanol–water partition coefficient (Wildman–Crippen LogP) is 5.45. The first-order valence-corrected chi connectivity index (χ1v) is 10.1. The van der Waals surface area contributed by atoms with Crippen molar-refractivity contribution in [3.8, 4) is 22.6 Å². The Balaban J connectivity index is 1.79. The molecule has 0 aliphatic rings. The van der Waals surface area contributed by atoms with Crippen LogP contribution in [0.25, 0.3) is 11.1 Å². The van der Waals surface area contributed by atoms with Gasteiger partial charge < -0.3 is 14.6 Å². The molecule has 1 N–H and O–H groups in total. The lowest BCUT2D eigenvalue weighted by molar-refractivity contribution is 0.233. The van der Waals surface area contributed by atoms with E-state index in [4.69, 9.17) is 14.6 Å². The largest absolute Gasteiger partial charge is 0.494 e. The minimum Gasteiger partial charge on any atom is -0.494 e. The Kier molecular flexibility index (Phi) is 9.45. The molecule has 136 valence electrons. The molecule has 0 atom stereocenters. The van der Waals surface area contributed by atoms with Gasteiger partial charge in [-0.05, 0) is 48.2 Å². The molecule has 2 rings (SSSR count). The minimum absolute atomic E-state index is 0.156. The average molecular weight is 407 g/mol. The van der Waals surface area contributed by atoms with E-state index in [0.29, 0.717) is 13.0 Å². The molecule has 25 heavy (non-hydrogen) atoms. The van der Waals surface area contributed by atoms with Crippen LogP contribution in [0.5, 0.6) is 11.5 Å². The normalized spacial score (nSPS) is 10.6. The molecule has 4 heteroatoms. The van der Waals surface area contributed by atoms with E-state index in [9.17, 15) is 0 Å². The lowest BCUT2D eigenvalue weighted by atomic mass is 10.1. The van der Waals surface area contributed by atoms with Crippen LogP contribution in [0, 0.1) is 0 Å². The smallest absolute Gasteiger partial charge is 0.119 e. The van der Waals surface area contributed by atoms with Crippen molar-refractivity contribution in [1.29, 1.82) is 0 Å². The Hall–Kier alpha value is -1.52. The summed E-state index contributed by atoms with van der Waals surface area (Å²) in [4.78, 5) is 0. The van der Waals surface area contributed by atoms with E-state index >= 15 is 0 Å². The zero-order chi connectivity index (χ0) is 17.7. The van der Waals surface area contributed by atoms with Crippen LogP contribution in [0.4, 0.5) is 0 Å². The van der Waals surface area contributed by atoms with Crippen LogP contribution in [0.2, 0.25) is 0 Å². The molecule has 0 heterocycles. The first kappa shape index (κ1) is 19.8. The van der Waals surface area contributed by atoms with Gasteiger partial charge in [-0.2, -0.15) is 0 Å². The predicted molar refractivity (Wildman–Crippen MR) is 107 cm³/mol. The van der Waals surface area contributed by atoms with Crippen molar-refractivity contribution in [3.05, 3.63) is 48.5 Å². The van der Waals surface area contributed by atoms with Gasteiger partial charge in [0.25, 0.3) is 0 Å². The number of rotatable bonds is 12. The molecule has 0 spiro atoms. The quantitative estimate of drug-likeness (QED) is 0.376. The first-order valence-electron chi connectivity index (χ1n) is 8.96. The van der Waals surface area contributed by atoms with Crippen molar-refractivity contribution < 1.29 is 14.6 Å². The molecule has 0 saturated carbocycles. The highest BCUT2D eigenvalue weighted by Crippen LogP contribution is 2.24. The van der Waals surface area contributed by atoms with Gasteiger partial charge in [0.2, 0.25) is 0 Å². The number of benzene rings is 2. The summed E-state index contributed by atoms with van der Waals surface area (Å²) in [5, 5.41) is 9.86. The number of aliphatic hydroxyl groups is 1.